The van der Waals surface area contributed by atoms with Gasteiger partial charge in [0.2, 0.25) is 5.92 Å². The summed E-state index contributed by atoms with van der Waals surface area (Å²) in [6.45, 7) is 14.2. The molecule has 1 amide bonds. The van der Waals surface area contributed by atoms with E-state index in [4.69, 9.17) is 4.74 Å². The summed E-state index contributed by atoms with van der Waals surface area (Å²) < 4.78 is 34.9. The van der Waals surface area contributed by atoms with E-state index in [-0.39, 0.29) is 24.3 Å². The molecule has 0 aromatic carbocycles. The van der Waals surface area contributed by atoms with E-state index in [1.54, 1.807) is 4.90 Å². The summed E-state index contributed by atoms with van der Waals surface area (Å²) in [5, 5.41) is 0. The summed E-state index contributed by atoms with van der Waals surface area (Å²) in [7, 11) is 0. The molecule has 5 nitrogen and oxygen atoms in total. The fourth-order valence-electron chi connectivity index (χ4n) is 4.77. The van der Waals surface area contributed by atoms with E-state index in [1.807, 2.05) is 32.9 Å². The first kappa shape index (κ1) is 25.9. The summed E-state index contributed by atoms with van der Waals surface area (Å²) >= 11 is 0. The minimum Gasteiger partial charge on any atom is -0.443 e. The van der Waals surface area contributed by atoms with Crippen LogP contribution in [-0.2, 0) is 17.6 Å². The Morgan fingerprint density at radius 1 is 1.15 bits per heavy atom. The van der Waals surface area contributed by atoms with E-state index in [2.05, 4.69) is 30.7 Å². The minimum atomic E-state index is -2.66. The molecular formula is C26H41F2N3O2. The zero-order valence-corrected chi connectivity index (χ0v) is 21.2. The molecule has 7 heteroatoms. The smallest absolute Gasteiger partial charge is 0.416 e. The minimum absolute atomic E-state index is 0.0370. The predicted molar refractivity (Wildman–Crippen MR) is 128 cm³/mol. The lowest BCUT2D eigenvalue weighted by Gasteiger charge is -2.32. The molecule has 1 saturated heterocycles. The van der Waals surface area contributed by atoms with Gasteiger partial charge in [-0.25, -0.2) is 18.6 Å². The first-order valence-corrected chi connectivity index (χ1v) is 12.4. The zero-order chi connectivity index (χ0) is 24.4. The highest BCUT2D eigenvalue weighted by molar-refractivity contribution is 5.88. The number of fused-ring (bicyclic) bond motifs is 1. The third-order valence-electron chi connectivity index (χ3n) is 6.51. The molecule has 0 unspecified atom stereocenters. The Bertz CT molecular complexity index is 830. The van der Waals surface area contributed by atoms with Gasteiger partial charge in [-0.2, -0.15) is 0 Å². The van der Waals surface area contributed by atoms with Crippen LogP contribution in [0.2, 0.25) is 0 Å². The Hall–Kier alpha value is -1.76. The number of amides is 1. The molecule has 0 saturated carbocycles. The van der Waals surface area contributed by atoms with Gasteiger partial charge in [-0.3, -0.25) is 9.80 Å². The van der Waals surface area contributed by atoms with E-state index >= 15 is 0 Å². The first-order valence-electron chi connectivity index (χ1n) is 12.4. The van der Waals surface area contributed by atoms with E-state index in [0.717, 1.165) is 43.6 Å². The Kier molecular flexibility index (Phi) is 7.72. The first-order chi connectivity index (χ1) is 15.2. The Labute approximate surface area is 197 Å². The number of aromatic nitrogens is 1. The lowest BCUT2D eigenvalue weighted by atomic mass is 9.96. The molecule has 0 N–H and O–H groups in total. The maximum atomic E-state index is 14.7. The molecule has 186 valence electrons. The molecule has 3 rings (SSSR count). The van der Waals surface area contributed by atoms with Crippen LogP contribution in [0.1, 0.15) is 84.9 Å². The van der Waals surface area contributed by atoms with Crippen molar-refractivity contribution in [3.8, 4) is 0 Å². The molecule has 0 spiro atoms. The predicted octanol–water partition coefficient (Wildman–Crippen LogP) is 6.24. The average molecular weight is 466 g/mol. The highest BCUT2D eigenvalue weighted by atomic mass is 19.3. The van der Waals surface area contributed by atoms with Crippen molar-refractivity contribution in [1.29, 1.82) is 0 Å². The van der Waals surface area contributed by atoms with Crippen LogP contribution in [0.4, 0.5) is 19.4 Å². The van der Waals surface area contributed by atoms with Gasteiger partial charge in [-0.05, 0) is 97.7 Å². The van der Waals surface area contributed by atoms with Gasteiger partial charge >= 0.3 is 6.09 Å². The van der Waals surface area contributed by atoms with Crippen molar-refractivity contribution in [1.82, 2.24) is 9.88 Å². The Morgan fingerprint density at radius 3 is 2.52 bits per heavy atom. The quantitative estimate of drug-likeness (QED) is 0.499. The monoisotopic (exact) mass is 465 g/mol. The molecule has 1 fully saturated rings. The number of pyridine rings is 1. The second kappa shape index (κ2) is 9.85. The molecular weight excluding hydrogens is 424 g/mol. The van der Waals surface area contributed by atoms with Crippen molar-refractivity contribution in [3.05, 3.63) is 23.4 Å². The van der Waals surface area contributed by atoms with Crippen LogP contribution in [-0.4, -0.2) is 52.7 Å². The highest BCUT2D eigenvalue weighted by Gasteiger charge is 2.37. The lowest BCUT2D eigenvalue weighted by Crippen LogP contribution is -2.40. The number of hydrogen-bond donors (Lipinski definition) is 0. The topological polar surface area (TPSA) is 45.7 Å². The van der Waals surface area contributed by atoms with Gasteiger partial charge < -0.3 is 4.74 Å². The number of carbonyl (C=O) groups excluding carboxylic acids is 1. The van der Waals surface area contributed by atoms with Gasteiger partial charge in [0.05, 0.1) is 0 Å². The van der Waals surface area contributed by atoms with Crippen molar-refractivity contribution in [3.63, 3.8) is 0 Å². The zero-order valence-electron chi connectivity index (χ0n) is 21.2. The third-order valence-corrected chi connectivity index (χ3v) is 6.51. The normalized spacial score (nSPS) is 20.1. The van der Waals surface area contributed by atoms with Crippen molar-refractivity contribution in [2.75, 3.05) is 24.5 Å². The second-order valence-electron chi connectivity index (χ2n) is 11.7. The lowest BCUT2D eigenvalue weighted by molar-refractivity contribution is -0.0322. The second-order valence-corrected chi connectivity index (χ2v) is 11.7. The van der Waals surface area contributed by atoms with Crippen LogP contribution in [0.3, 0.4) is 0 Å². The largest absolute Gasteiger partial charge is 0.443 e. The van der Waals surface area contributed by atoms with Crippen LogP contribution in [0.15, 0.2) is 12.1 Å². The number of ether oxygens (including phenoxy) is 1. The van der Waals surface area contributed by atoms with Gasteiger partial charge in [0.1, 0.15) is 11.4 Å². The van der Waals surface area contributed by atoms with Crippen molar-refractivity contribution < 1.29 is 18.3 Å². The van der Waals surface area contributed by atoms with Crippen LogP contribution in [0.25, 0.3) is 0 Å². The summed E-state index contributed by atoms with van der Waals surface area (Å²) in [6, 6.07) is 3.89. The standard InChI is InChI=1S/C26H41F2N3O2/c1-24(2,3)30-16-13-19(18-30)17-26(27,28)14-7-10-21-12-11-20-9-8-15-31(22(20)29-21)23(32)33-25(4,5)6/h11-12,19H,7-10,13-18H2,1-6H3/t19-/m0/s1. The van der Waals surface area contributed by atoms with Crippen molar-refractivity contribution in [2.45, 2.75) is 104 Å². The molecule has 1 atom stereocenters. The van der Waals surface area contributed by atoms with E-state index in [0.29, 0.717) is 25.2 Å². The van der Waals surface area contributed by atoms with Gasteiger partial charge in [-0.15, -0.1) is 0 Å². The van der Waals surface area contributed by atoms with Gasteiger partial charge in [-0.1, -0.05) is 6.07 Å². The van der Waals surface area contributed by atoms with Gasteiger partial charge in [0.15, 0.2) is 0 Å². The highest BCUT2D eigenvalue weighted by Crippen LogP contribution is 2.35. The fourth-order valence-corrected chi connectivity index (χ4v) is 4.77. The van der Waals surface area contributed by atoms with Crippen molar-refractivity contribution >= 4 is 11.9 Å². The van der Waals surface area contributed by atoms with Crippen molar-refractivity contribution in [2.24, 2.45) is 5.92 Å². The summed E-state index contributed by atoms with van der Waals surface area (Å²) in [5.74, 6) is -1.98. The number of halogens is 2. The maximum absolute atomic E-state index is 14.7. The molecule has 0 radical (unpaired) electrons. The number of likely N-dealkylation sites (tertiary alicyclic amines) is 1. The van der Waals surface area contributed by atoms with Crippen LogP contribution in [0, 0.1) is 5.92 Å². The molecule has 1 aromatic rings. The molecule has 2 aliphatic rings. The average Bonchev–Trinajstić information content (AvgIpc) is 3.14. The number of hydrogen-bond acceptors (Lipinski definition) is 4. The molecule has 33 heavy (non-hydrogen) atoms. The van der Waals surface area contributed by atoms with E-state index in [9.17, 15) is 13.6 Å². The SMILES string of the molecule is CC(C)(C)OC(=O)N1CCCc2ccc(CCCC(F)(F)C[C@@H]3CCN(C(C)(C)C)C3)nc21. The van der Waals surface area contributed by atoms with Gasteiger partial charge in [0.25, 0.3) is 0 Å². The molecule has 3 heterocycles. The van der Waals surface area contributed by atoms with Crippen LogP contribution in [0.5, 0.6) is 0 Å². The van der Waals surface area contributed by atoms with E-state index < -0.39 is 17.6 Å². The maximum Gasteiger partial charge on any atom is 0.416 e. The number of rotatable bonds is 6. The Balaban J connectivity index is 1.55. The number of aryl methyl sites for hydroxylation is 2. The van der Waals surface area contributed by atoms with Crippen LogP contribution < -0.4 is 4.90 Å². The molecule has 0 bridgehead atoms. The third kappa shape index (κ3) is 7.36. The molecule has 2 aliphatic heterocycles. The number of carbonyl (C=O) groups is 1. The Morgan fingerprint density at radius 2 is 1.88 bits per heavy atom. The number of anilines is 1. The van der Waals surface area contributed by atoms with Gasteiger partial charge in [0, 0.05) is 37.2 Å². The summed E-state index contributed by atoms with van der Waals surface area (Å²) in [5.41, 5.74) is 1.21. The number of alkyl halides is 2. The van der Waals surface area contributed by atoms with Crippen LogP contribution >= 0.6 is 0 Å². The summed E-state index contributed by atoms with van der Waals surface area (Å²) in [4.78, 5) is 21.2. The van der Waals surface area contributed by atoms with E-state index in [1.165, 1.54) is 0 Å². The summed E-state index contributed by atoms with van der Waals surface area (Å²) in [6.07, 6.45) is 2.84. The molecule has 0 aliphatic carbocycles. The number of nitrogens with zero attached hydrogens (tertiary/aromatic N) is 3. The fraction of sp³-hybridized carbons (Fsp3) is 0.769. The molecule has 1 aromatic heterocycles.